The Morgan fingerprint density at radius 2 is 1.88 bits per heavy atom. The molecule has 0 spiro atoms. The number of nitro benzene ring substituents is 1. The van der Waals surface area contributed by atoms with Crippen molar-refractivity contribution in [3.05, 3.63) is 106 Å². The average Bonchev–Trinajstić information content (AvgIpc) is 3.16. The normalized spacial score (nSPS) is 11.1. The molecule has 0 unspecified atom stereocenters. The van der Waals surface area contributed by atoms with Crippen LogP contribution < -0.4 is 10.2 Å². The molecule has 1 aromatic heterocycles. The number of amides is 1. The number of carbonyl (C=O) groups excluding carboxylic acids is 1. The number of nitrogens with zero attached hydrogens (tertiary/aromatic N) is 3. The molecule has 33 heavy (non-hydrogen) atoms. The second-order valence-corrected chi connectivity index (χ2v) is 7.53. The van der Waals surface area contributed by atoms with Crippen LogP contribution in [0.25, 0.3) is 10.9 Å². The Balaban J connectivity index is 1.43. The summed E-state index contributed by atoms with van der Waals surface area (Å²) in [5, 5.41) is 16.2. The lowest BCUT2D eigenvalue weighted by Crippen LogP contribution is -2.24. The highest BCUT2D eigenvalue weighted by Crippen LogP contribution is 2.27. The fraction of sp³-hybridized carbons (Fsp3) is 0.120. The summed E-state index contributed by atoms with van der Waals surface area (Å²) in [6.45, 7) is 2.07. The molecule has 0 aliphatic carbocycles. The number of hydrazone groups is 1. The van der Waals surface area contributed by atoms with E-state index < -0.39 is 17.4 Å². The number of aromatic nitrogens is 1. The molecule has 166 valence electrons. The maximum Gasteiger partial charge on any atom is 0.311 e. The number of carbonyl (C=O) groups is 1. The first-order chi connectivity index (χ1) is 16.0. The molecule has 0 saturated carbocycles. The maximum atomic E-state index is 12.1. The largest absolute Gasteiger partial charge is 0.477 e. The molecule has 1 N–H and O–H groups in total. The summed E-state index contributed by atoms with van der Waals surface area (Å²) in [6.07, 6.45) is 3.57. The van der Waals surface area contributed by atoms with Crippen LogP contribution in [0.2, 0.25) is 0 Å². The Labute approximate surface area is 190 Å². The van der Waals surface area contributed by atoms with Gasteiger partial charge in [-0.15, -0.1) is 0 Å². The van der Waals surface area contributed by atoms with Gasteiger partial charge < -0.3 is 9.30 Å². The minimum Gasteiger partial charge on any atom is -0.477 e. The van der Waals surface area contributed by atoms with Crippen LogP contribution in [0.4, 0.5) is 5.69 Å². The van der Waals surface area contributed by atoms with E-state index in [0.29, 0.717) is 6.54 Å². The molecule has 0 aliphatic rings. The molecule has 4 aromatic rings. The lowest BCUT2D eigenvalue weighted by atomic mass is 10.2. The lowest BCUT2D eigenvalue weighted by molar-refractivity contribution is -0.385. The average molecular weight is 442 g/mol. The monoisotopic (exact) mass is 442 g/mol. The van der Waals surface area contributed by atoms with Crippen molar-refractivity contribution < 1.29 is 14.5 Å². The van der Waals surface area contributed by atoms with Crippen LogP contribution in [0, 0.1) is 17.0 Å². The molecule has 0 fully saturated rings. The van der Waals surface area contributed by atoms with Crippen molar-refractivity contribution in [2.24, 2.45) is 5.10 Å². The lowest BCUT2D eigenvalue weighted by Gasteiger charge is -2.06. The van der Waals surface area contributed by atoms with Crippen molar-refractivity contribution >= 4 is 28.7 Å². The predicted molar refractivity (Wildman–Crippen MR) is 127 cm³/mol. The van der Waals surface area contributed by atoms with Gasteiger partial charge in [0.2, 0.25) is 0 Å². The summed E-state index contributed by atoms with van der Waals surface area (Å²) in [5.74, 6) is -0.483. The molecular formula is C25H22N4O4. The molecule has 8 heteroatoms. The van der Waals surface area contributed by atoms with Crippen molar-refractivity contribution in [1.29, 1.82) is 0 Å². The van der Waals surface area contributed by atoms with Crippen molar-refractivity contribution in [2.75, 3.05) is 6.61 Å². The fourth-order valence-corrected chi connectivity index (χ4v) is 3.53. The number of rotatable bonds is 8. The molecule has 0 radical (unpaired) electrons. The van der Waals surface area contributed by atoms with Gasteiger partial charge in [-0.1, -0.05) is 54.6 Å². The van der Waals surface area contributed by atoms with E-state index in [1.165, 1.54) is 17.7 Å². The van der Waals surface area contributed by atoms with Crippen molar-refractivity contribution in [1.82, 2.24) is 9.99 Å². The van der Waals surface area contributed by atoms with Crippen molar-refractivity contribution in [3.63, 3.8) is 0 Å². The van der Waals surface area contributed by atoms with Gasteiger partial charge in [-0.05, 0) is 30.2 Å². The Hall–Kier alpha value is -4.46. The SMILES string of the molecule is Cc1ccc(OCC(=O)N/N=C/c2cn(Cc3ccccc3)c3ccccc23)c([N+](=O)[O-])c1. The van der Waals surface area contributed by atoms with E-state index in [4.69, 9.17) is 4.74 Å². The van der Waals surface area contributed by atoms with Crippen molar-refractivity contribution in [2.45, 2.75) is 13.5 Å². The number of benzene rings is 3. The van der Waals surface area contributed by atoms with Gasteiger partial charge >= 0.3 is 5.69 Å². The zero-order chi connectivity index (χ0) is 23.2. The van der Waals surface area contributed by atoms with Crippen LogP contribution >= 0.6 is 0 Å². The molecule has 1 amide bonds. The van der Waals surface area contributed by atoms with Crippen molar-refractivity contribution in [3.8, 4) is 5.75 Å². The highest BCUT2D eigenvalue weighted by Gasteiger charge is 2.16. The Morgan fingerprint density at radius 1 is 1.12 bits per heavy atom. The maximum absolute atomic E-state index is 12.1. The van der Waals surface area contributed by atoms with Crippen LogP contribution in [0.5, 0.6) is 5.75 Å². The quantitative estimate of drug-likeness (QED) is 0.248. The van der Waals surface area contributed by atoms with Crippen LogP contribution in [0.1, 0.15) is 16.7 Å². The first-order valence-electron chi connectivity index (χ1n) is 10.3. The third-order valence-electron chi connectivity index (χ3n) is 5.08. The second-order valence-electron chi connectivity index (χ2n) is 7.53. The third kappa shape index (κ3) is 5.24. The molecule has 8 nitrogen and oxygen atoms in total. The molecule has 1 heterocycles. The van der Waals surface area contributed by atoms with Gasteiger partial charge in [0.15, 0.2) is 12.4 Å². The van der Waals surface area contributed by atoms with E-state index >= 15 is 0 Å². The molecule has 0 aliphatic heterocycles. The number of nitro groups is 1. The van der Waals surface area contributed by atoms with Crippen LogP contribution in [0.15, 0.2) is 84.1 Å². The minimum absolute atomic E-state index is 0.0358. The second kappa shape index (κ2) is 9.78. The molecule has 0 saturated heterocycles. The number of hydrogen-bond acceptors (Lipinski definition) is 5. The summed E-state index contributed by atoms with van der Waals surface area (Å²) < 4.78 is 7.46. The van der Waals surface area contributed by atoms with Gasteiger partial charge in [-0.3, -0.25) is 14.9 Å². The zero-order valence-electron chi connectivity index (χ0n) is 18.0. The zero-order valence-corrected chi connectivity index (χ0v) is 18.0. The van der Waals surface area contributed by atoms with Gasteiger partial charge in [0.25, 0.3) is 5.91 Å². The molecule has 3 aromatic carbocycles. The summed E-state index contributed by atoms with van der Waals surface area (Å²) >= 11 is 0. The van der Waals surface area contributed by atoms with Gasteiger partial charge in [-0.25, -0.2) is 5.43 Å². The Morgan fingerprint density at radius 3 is 2.67 bits per heavy atom. The topological polar surface area (TPSA) is 98.8 Å². The number of aryl methyl sites for hydroxylation is 1. The number of hydrogen-bond donors (Lipinski definition) is 1. The third-order valence-corrected chi connectivity index (χ3v) is 5.08. The van der Waals surface area contributed by atoms with E-state index in [2.05, 4.69) is 27.2 Å². The molecule has 0 atom stereocenters. The predicted octanol–water partition coefficient (Wildman–Crippen LogP) is 4.44. The summed E-state index contributed by atoms with van der Waals surface area (Å²) in [5.41, 5.74) is 6.06. The van der Waals surface area contributed by atoms with Gasteiger partial charge in [0, 0.05) is 35.3 Å². The smallest absolute Gasteiger partial charge is 0.311 e. The van der Waals surface area contributed by atoms with Crippen LogP contribution in [-0.2, 0) is 11.3 Å². The molecule has 4 rings (SSSR count). The van der Waals surface area contributed by atoms with E-state index in [-0.39, 0.29) is 11.4 Å². The highest BCUT2D eigenvalue weighted by atomic mass is 16.6. The number of fused-ring (bicyclic) bond motifs is 1. The molecular weight excluding hydrogens is 420 g/mol. The Bertz CT molecular complexity index is 1330. The van der Waals surface area contributed by atoms with E-state index in [0.717, 1.165) is 22.0 Å². The number of nitrogens with one attached hydrogen (secondary N) is 1. The van der Waals surface area contributed by atoms with Crippen LogP contribution in [0.3, 0.4) is 0 Å². The standard InChI is InChI=1S/C25H22N4O4/c1-18-11-12-24(23(13-18)29(31)32)33-17-25(30)27-26-14-20-16-28(15-19-7-3-2-4-8-19)22-10-6-5-9-21(20)22/h2-14,16H,15,17H2,1H3,(H,27,30)/b26-14+. The highest BCUT2D eigenvalue weighted by molar-refractivity contribution is 5.99. The number of para-hydroxylation sites is 1. The van der Waals surface area contributed by atoms with Gasteiger partial charge in [0.05, 0.1) is 11.1 Å². The van der Waals surface area contributed by atoms with Gasteiger partial charge in [0.1, 0.15) is 0 Å². The minimum atomic E-state index is -0.538. The first kappa shape index (κ1) is 21.8. The van der Waals surface area contributed by atoms with E-state index in [1.807, 2.05) is 48.7 Å². The summed E-state index contributed by atoms with van der Waals surface area (Å²) in [4.78, 5) is 22.8. The first-order valence-corrected chi connectivity index (χ1v) is 10.3. The number of ether oxygens (including phenoxy) is 1. The van der Waals surface area contributed by atoms with Gasteiger partial charge in [-0.2, -0.15) is 5.10 Å². The van der Waals surface area contributed by atoms with E-state index in [9.17, 15) is 14.9 Å². The van der Waals surface area contributed by atoms with E-state index in [1.54, 1.807) is 19.2 Å². The summed E-state index contributed by atoms with van der Waals surface area (Å²) in [7, 11) is 0. The van der Waals surface area contributed by atoms with Crippen LogP contribution in [-0.4, -0.2) is 28.2 Å². The Kier molecular flexibility index (Phi) is 6.45. The molecule has 0 bridgehead atoms. The fourth-order valence-electron chi connectivity index (χ4n) is 3.53. The summed E-state index contributed by atoms with van der Waals surface area (Å²) in [6, 6.07) is 22.7.